The molecular formula is C24H22FN9O4. The van der Waals surface area contributed by atoms with Crippen molar-refractivity contribution in [1.29, 1.82) is 0 Å². The van der Waals surface area contributed by atoms with E-state index in [1.807, 2.05) is 20.8 Å². The Morgan fingerprint density at radius 1 is 1.26 bits per heavy atom. The van der Waals surface area contributed by atoms with Gasteiger partial charge in [-0.05, 0) is 17.7 Å². The van der Waals surface area contributed by atoms with Crippen LogP contribution in [0.3, 0.4) is 0 Å². The van der Waals surface area contributed by atoms with E-state index in [1.54, 1.807) is 25.2 Å². The fourth-order valence-electron chi connectivity index (χ4n) is 3.77. The fraction of sp³-hybridized carbons (Fsp3) is 0.250. The summed E-state index contributed by atoms with van der Waals surface area (Å²) < 4.78 is 21.4. The Morgan fingerprint density at radius 3 is 2.74 bits per heavy atom. The molecule has 0 radical (unpaired) electrons. The number of amides is 1. The summed E-state index contributed by atoms with van der Waals surface area (Å²) in [5, 5.41) is 21.9. The molecule has 1 aromatic carbocycles. The van der Waals surface area contributed by atoms with Gasteiger partial charge in [-0.2, -0.15) is 10.1 Å². The van der Waals surface area contributed by atoms with Crippen LogP contribution >= 0.6 is 0 Å². The quantitative estimate of drug-likeness (QED) is 0.251. The monoisotopic (exact) mass is 519 g/mol. The van der Waals surface area contributed by atoms with Crippen molar-refractivity contribution in [2.24, 2.45) is 7.05 Å². The third-order valence-corrected chi connectivity index (χ3v) is 5.72. The number of H-pyrrole nitrogens is 1. The number of rotatable bonds is 6. The molecule has 0 unspecified atom stereocenters. The second-order valence-electron chi connectivity index (χ2n) is 9.60. The smallest absolute Gasteiger partial charge is 0.318 e. The third kappa shape index (κ3) is 4.58. The molecule has 14 heteroatoms. The maximum absolute atomic E-state index is 15.0. The Hall–Kier alpha value is -5.01. The first kappa shape index (κ1) is 24.7. The Morgan fingerprint density at radius 2 is 2.05 bits per heavy atom. The Balaban J connectivity index is 1.39. The SMILES string of the molecule is Cn1cc([N+](=O)[O-])c(-c2nc3nccc(-c4ccc(CNC(=O)c5nc(C(C)(C)C)no5)c(F)c4)c3[nH]2)n1. The fourth-order valence-corrected chi connectivity index (χ4v) is 3.77. The summed E-state index contributed by atoms with van der Waals surface area (Å²) in [5.41, 5.74) is 1.58. The molecule has 1 amide bonds. The number of imidazole rings is 1. The molecule has 0 bridgehead atoms. The molecule has 0 aliphatic rings. The molecule has 0 saturated carbocycles. The van der Waals surface area contributed by atoms with E-state index in [4.69, 9.17) is 4.52 Å². The van der Waals surface area contributed by atoms with Crippen LogP contribution in [0.2, 0.25) is 0 Å². The number of pyridine rings is 1. The van der Waals surface area contributed by atoms with Gasteiger partial charge in [-0.25, -0.2) is 14.4 Å². The van der Waals surface area contributed by atoms with Crippen molar-refractivity contribution in [3.63, 3.8) is 0 Å². The van der Waals surface area contributed by atoms with E-state index < -0.39 is 16.6 Å². The molecular weight excluding hydrogens is 497 g/mol. The van der Waals surface area contributed by atoms with Crippen LogP contribution in [0.25, 0.3) is 33.8 Å². The van der Waals surface area contributed by atoms with Crippen molar-refractivity contribution in [3.05, 3.63) is 69.9 Å². The van der Waals surface area contributed by atoms with Crippen molar-refractivity contribution in [1.82, 2.24) is 40.2 Å². The van der Waals surface area contributed by atoms with Crippen molar-refractivity contribution in [3.8, 4) is 22.6 Å². The summed E-state index contributed by atoms with van der Waals surface area (Å²) in [5.74, 6) is -0.798. The molecule has 13 nitrogen and oxygen atoms in total. The van der Waals surface area contributed by atoms with Crippen molar-refractivity contribution in [2.75, 3.05) is 0 Å². The number of benzene rings is 1. The molecule has 0 saturated heterocycles. The molecule has 194 valence electrons. The lowest BCUT2D eigenvalue weighted by atomic mass is 9.96. The number of nitrogens with one attached hydrogen (secondary N) is 2. The number of carbonyl (C=O) groups is 1. The number of hydrogen-bond acceptors (Lipinski definition) is 9. The van der Waals surface area contributed by atoms with Crippen LogP contribution in [0, 0.1) is 15.9 Å². The summed E-state index contributed by atoms with van der Waals surface area (Å²) in [6.45, 7) is 5.57. The largest absolute Gasteiger partial charge is 0.344 e. The van der Waals surface area contributed by atoms with Gasteiger partial charge in [0.1, 0.15) is 12.0 Å². The topological polar surface area (TPSA) is 171 Å². The summed E-state index contributed by atoms with van der Waals surface area (Å²) in [4.78, 5) is 39.0. The molecule has 0 aliphatic heterocycles. The minimum Gasteiger partial charge on any atom is -0.344 e. The van der Waals surface area contributed by atoms with E-state index in [-0.39, 0.29) is 40.6 Å². The van der Waals surface area contributed by atoms with E-state index in [0.29, 0.717) is 28.1 Å². The highest BCUT2D eigenvalue weighted by atomic mass is 19.1. The number of nitrogens with zero attached hydrogens (tertiary/aromatic N) is 7. The zero-order valence-corrected chi connectivity index (χ0v) is 20.8. The zero-order valence-electron chi connectivity index (χ0n) is 20.8. The van der Waals surface area contributed by atoms with E-state index in [2.05, 4.69) is 35.5 Å². The highest BCUT2D eigenvalue weighted by Crippen LogP contribution is 2.32. The lowest BCUT2D eigenvalue weighted by Crippen LogP contribution is -2.24. The van der Waals surface area contributed by atoms with Gasteiger partial charge >= 0.3 is 17.5 Å². The highest BCUT2D eigenvalue weighted by Gasteiger charge is 2.25. The summed E-state index contributed by atoms with van der Waals surface area (Å²) in [6.07, 6.45) is 2.79. The van der Waals surface area contributed by atoms with Gasteiger partial charge in [0.05, 0.1) is 10.4 Å². The van der Waals surface area contributed by atoms with Crippen LogP contribution in [-0.4, -0.2) is 45.7 Å². The van der Waals surface area contributed by atoms with Crippen molar-refractivity contribution >= 4 is 22.8 Å². The molecule has 5 rings (SSSR count). The van der Waals surface area contributed by atoms with E-state index >= 15 is 4.39 Å². The van der Waals surface area contributed by atoms with Crippen LogP contribution in [-0.2, 0) is 19.0 Å². The van der Waals surface area contributed by atoms with Gasteiger partial charge < -0.3 is 14.8 Å². The zero-order chi connectivity index (χ0) is 27.2. The van der Waals surface area contributed by atoms with Gasteiger partial charge in [-0.1, -0.05) is 38.1 Å². The molecule has 4 heterocycles. The maximum atomic E-state index is 15.0. The number of carbonyl (C=O) groups excluding carboxylic acids is 1. The maximum Gasteiger partial charge on any atom is 0.318 e. The Kier molecular flexibility index (Phi) is 5.93. The number of fused-ring (bicyclic) bond motifs is 1. The van der Waals surface area contributed by atoms with Crippen LogP contribution < -0.4 is 5.32 Å². The van der Waals surface area contributed by atoms with Gasteiger partial charge in [-0.3, -0.25) is 19.6 Å². The number of nitro groups is 1. The normalized spacial score (nSPS) is 11.7. The standard InChI is InChI=1S/C24H22FN9O4/c1-24(2,3)23-30-22(38-32-23)21(35)27-10-13-6-5-12(9-15(13)25)14-7-8-26-19-17(14)28-20(29-19)18-16(34(36)37)11-33(4)31-18/h5-9,11H,10H2,1-4H3,(H,27,35)(H,26,28,29). The molecule has 38 heavy (non-hydrogen) atoms. The lowest BCUT2D eigenvalue weighted by molar-refractivity contribution is -0.384. The highest BCUT2D eigenvalue weighted by molar-refractivity contribution is 5.92. The lowest BCUT2D eigenvalue weighted by Gasteiger charge is -2.10. The average Bonchev–Trinajstić information content (AvgIpc) is 3.60. The molecule has 0 aliphatic carbocycles. The van der Waals surface area contributed by atoms with E-state index in [0.717, 1.165) is 0 Å². The van der Waals surface area contributed by atoms with Gasteiger partial charge in [0.2, 0.25) is 5.69 Å². The first-order valence-electron chi connectivity index (χ1n) is 11.5. The molecule has 0 fully saturated rings. The molecule has 0 atom stereocenters. The van der Waals surface area contributed by atoms with Gasteiger partial charge in [0, 0.05) is 36.3 Å². The number of aromatic nitrogens is 7. The van der Waals surface area contributed by atoms with Crippen LogP contribution in [0.1, 0.15) is 42.8 Å². The Labute approximate surface area is 214 Å². The van der Waals surface area contributed by atoms with E-state index in [1.165, 1.54) is 23.1 Å². The summed E-state index contributed by atoms with van der Waals surface area (Å²) >= 11 is 0. The minimum absolute atomic E-state index is 0.0644. The van der Waals surface area contributed by atoms with Crippen LogP contribution in [0.5, 0.6) is 0 Å². The second kappa shape index (κ2) is 9.14. The molecule has 0 spiro atoms. The third-order valence-electron chi connectivity index (χ3n) is 5.72. The summed E-state index contributed by atoms with van der Waals surface area (Å²) in [6, 6.07) is 6.24. The van der Waals surface area contributed by atoms with E-state index in [9.17, 15) is 14.9 Å². The van der Waals surface area contributed by atoms with Gasteiger partial charge in [0.15, 0.2) is 17.3 Å². The summed E-state index contributed by atoms with van der Waals surface area (Å²) in [7, 11) is 1.57. The Bertz CT molecular complexity index is 1700. The average molecular weight is 519 g/mol. The second-order valence-corrected chi connectivity index (χ2v) is 9.60. The first-order valence-corrected chi connectivity index (χ1v) is 11.5. The number of aryl methyl sites for hydroxylation is 1. The predicted octanol–water partition coefficient (Wildman–Crippen LogP) is 3.68. The van der Waals surface area contributed by atoms with Gasteiger partial charge in [0.25, 0.3) is 0 Å². The van der Waals surface area contributed by atoms with Crippen molar-refractivity contribution < 1.29 is 18.6 Å². The molecule has 4 aromatic heterocycles. The number of hydrogen-bond donors (Lipinski definition) is 2. The first-order chi connectivity index (χ1) is 18.0. The van der Waals surface area contributed by atoms with Gasteiger partial charge in [-0.15, -0.1) is 0 Å². The van der Waals surface area contributed by atoms with Crippen LogP contribution in [0.15, 0.2) is 41.2 Å². The van der Waals surface area contributed by atoms with Crippen molar-refractivity contribution in [2.45, 2.75) is 32.7 Å². The van der Waals surface area contributed by atoms with Crippen LogP contribution in [0.4, 0.5) is 10.1 Å². The minimum atomic E-state index is -0.610. The number of halogens is 1. The molecule has 2 N–H and O–H groups in total. The number of aromatic amines is 1. The molecule has 5 aromatic rings. The predicted molar refractivity (Wildman–Crippen MR) is 132 cm³/mol.